The number of rotatable bonds is 6. The van der Waals surface area contributed by atoms with Gasteiger partial charge in [-0.3, -0.25) is 14.2 Å². The molecule has 0 fully saturated rings. The van der Waals surface area contributed by atoms with Crippen LogP contribution in [0.2, 0.25) is 5.15 Å². The van der Waals surface area contributed by atoms with Crippen LogP contribution < -0.4 is 10.3 Å². The lowest BCUT2D eigenvalue weighted by atomic mass is 10.1. The molecule has 0 aliphatic heterocycles. The number of carboxylic acids is 1. The smallest absolute Gasteiger partial charge is 0.335 e. The highest BCUT2D eigenvalue weighted by molar-refractivity contribution is 7.11. The van der Waals surface area contributed by atoms with Gasteiger partial charge in [0, 0.05) is 0 Å². The number of aromatic hydroxyl groups is 1. The van der Waals surface area contributed by atoms with E-state index in [9.17, 15) is 19.5 Å². The molecule has 0 aliphatic rings. The minimum Gasteiger partial charge on any atom is -0.507 e. The fourth-order valence-electron chi connectivity index (χ4n) is 2.48. The van der Waals surface area contributed by atoms with E-state index in [1.54, 1.807) is 24.3 Å². The number of aromatic nitrogens is 1. The molecular formula is C19H14ClN3O5S. The Hall–Kier alpha value is -3.43. The molecule has 148 valence electrons. The average Bonchev–Trinajstić information content (AvgIpc) is 2.96. The molecule has 3 N–H and O–H groups in total. The van der Waals surface area contributed by atoms with Crippen molar-refractivity contribution < 1.29 is 19.8 Å². The van der Waals surface area contributed by atoms with Crippen molar-refractivity contribution in [2.45, 2.75) is 6.54 Å². The van der Waals surface area contributed by atoms with Gasteiger partial charge in [-0.1, -0.05) is 47.2 Å². The zero-order valence-corrected chi connectivity index (χ0v) is 16.3. The summed E-state index contributed by atoms with van der Waals surface area (Å²) in [5.41, 5.74) is 3.02. The van der Waals surface area contributed by atoms with Crippen LogP contribution in [0.15, 0.2) is 58.4 Å². The molecule has 2 aromatic carbocycles. The number of para-hydroxylation sites is 1. The number of benzene rings is 2. The second-order valence-corrected chi connectivity index (χ2v) is 7.18. The van der Waals surface area contributed by atoms with E-state index in [2.05, 4.69) is 10.5 Å². The highest BCUT2D eigenvalue weighted by Crippen LogP contribution is 2.19. The summed E-state index contributed by atoms with van der Waals surface area (Å²) in [4.78, 5) is 35.3. The largest absolute Gasteiger partial charge is 0.507 e. The maximum Gasteiger partial charge on any atom is 0.335 e. The van der Waals surface area contributed by atoms with Crippen LogP contribution in [0.3, 0.4) is 0 Å². The Balaban J connectivity index is 1.76. The molecule has 0 atom stereocenters. The standard InChI is InChI=1S/C19H14ClN3O5S/c20-16-15(9-21-22-17(25)13-6-1-2-7-14(13)24)29-19(28)23(16)10-11-4-3-5-12(8-11)18(26)27/h1-9,24H,10H2,(H,22,25)(H,26,27)/b21-9-. The summed E-state index contributed by atoms with van der Waals surface area (Å²) in [5.74, 6) is -1.87. The van der Waals surface area contributed by atoms with Crippen LogP contribution in [0.25, 0.3) is 0 Å². The van der Waals surface area contributed by atoms with Gasteiger partial charge in [0.1, 0.15) is 10.9 Å². The normalized spacial score (nSPS) is 10.9. The molecule has 3 aromatic rings. The van der Waals surface area contributed by atoms with Crippen molar-refractivity contribution in [1.29, 1.82) is 0 Å². The van der Waals surface area contributed by atoms with Crippen molar-refractivity contribution in [1.82, 2.24) is 9.99 Å². The minimum atomic E-state index is -1.07. The average molecular weight is 432 g/mol. The topological polar surface area (TPSA) is 121 Å². The van der Waals surface area contributed by atoms with Gasteiger partial charge in [-0.25, -0.2) is 10.2 Å². The second-order valence-electron chi connectivity index (χ2n) is 5.83. The Morgan fingerprint density at radius 3 is 2.69 bits per heavy atom. The number of hydrazone groups is 1. The predicted octanol–water partition coefficient (Wildman–Crippen LogP) is 2.78. The molecule has 0 saturated carbocycles. The number of phenolic OH excluding ortho intramolecular Hbond substituents is 1. The van der Waals surface area contributed by atoms with Crippen molar-refractivity contribution in [3.8, 4) is 5.75 Å². The molecule has 1 aromatic heterocycles. The molecule has 1 heterocycles. The van der Waals surface area contributed by atoms with E-state index in [1.807, 2.05) is 0 Å². The van der Waals surface area contributed by atoms with Crippen LogP contribution in [0.1, 0.15) is 31.2 Å². The third-order valence-corrected chi connectivity index (χ3v) is 5.30. The van der Waals surface area contributed by atoms with E-state index in [0.717, 1.165) is 11.3 Å². The number of carbonyl (C=O) groups excluding carboxylic acids is 1. The maximum absolute atomic E-state index is 12.2. The van der Waals surface area contributed by atoms with Crippen LogP contribution in [0.5, 0.6) is 5.75 Å². The number of carboxylic acid groups (broad SMARTS) is 1. The summed E-state index contributed by atoms with van der Waals surface area (Å²) in [7, 11) is 0. The molecule has 0 saturated heterocycles. The molecule has 0 radical (unpaired) electrons. The number of halogens is 1. The summed E-state index contributed by atoms with van der Waals surface area (Å²) in [6.07, 6.45) is 1.23. The number of aromatic carboxylic acids is 1. The Bertz CT molecular complexity index is 1170. The second kappa shape index (κ2) is 8.72. The number of hydrogen-bond acceptors (Lipinski definition) is 6. The van der Waals surface area contributed by atoms with Gasteiger partial charge in [0.2, 0.25) is 0 Å². The van der Waals surface area contributed by atoms with Crippen molar-refractivity contribution in [2.24, 2.45) is 5.10 Å². The van der Waals surface area contributed by atoms with Gasteiger partial charge < -0.3 is 10.2 Å². The molecule has 1 amide bonds. The first-order chi connectivity index (χ1) is 13.9. The van der Waals surface area contributed by atoms with E-state index in [-0.39, 0.29) is 33.4 Å². The fraction of sp³-hybridized carbons (Fsp3) is 0.0526. The Morgan fingerprint density at radius 1 is 1.21 bits per heavy atom. The number of carbonyl (C=O) groups is 2. The quantitative estimate of drug-likeness (QED) is 0.409. The van der Waals surface area contributed by atoms with E-state index < -0.39 is 11.9 Å². The first-order valence-electron chi connectivity index (χ1n) is 8.19. The lowest BCUT2D eigenvalue weighted by Gasteiger charge is -2.05. The molecule has 0 unspecified atom stereocenters. The highest BCUT2D eigenvalue weighted by atomic mass is 35.5. The van der Waals surface area contributed by atoms with Crippen LogP contribution in [0.4, 0.5) is 0 Å². The number of nitrogens with one attached hydrogen (secondary N) is 1. The summed E-state index contributed by atoms with van der Waals surface area (Å²) in [6.45, 7) is 0.0906. The van der Waals surface area contributed by atoms with Gasteiger partial charge in [-0.05, 0) is 29.8 Å². The third-order valence-electron chi connectivity index (χ3n) is 3.87. The molecular weight excluding hydrogens is 418 g/mol. The highest BCUT2D eigenvalue weighted by Gasteiger charge is 2.14. The molecule has 0 spiro atoms. The van der Waals surface area contributed by atoms with Crippen LogP contribution in [0, 0.1) is 0 Å². The molecule has 8 nitrogen and oxygen atoms in total. The Labute approximate surface area is 173 Å². The van der Waals surface area contributed by atoms with Gasteiger partial charge in [0.05, 0.1) is 28.8 Å². The summed E-state index contributed by atoms with van der Waals surface area (Å²) < 4.78 is 1.28. The lowest BCUT2D eigenvalue weighted by Crippen LogP contribution is -2.17. The monoisotopic (exact) mass is 431 g/mol. The third kappa shape index (κ3) is 4.71. The Kier molecular flexibility index (Phi) is 6.10. The number of phenols is 1. The SMILES string of the molecule is O=C(O)c1cccc(Cn2c(Cl)c(/C=N\NC(=O)c3ccccc3O)sc2=O)c1. The lowest BCUT2D eigenvalue weighted by molar-refractivity contribution is 0.0696. The first-order valence-corrected chi connectivity index (χ1v) is 9.39. The van der Waals surface area contributed by atoms with Gasteiger partial charge in [-0.2, -0.15) is 5.10 Å². The minimum absolute atomic E-state index is 0.0554. The summed E-state index contributed by atoms with van der Waals surface area (Å²) in [5, 5.41) is 22.6. The van der Waals surface area contributed by atoms with Crippen molar-refractivity contribution in [3.05, 3.63) is 84.9 Å². The zero-order chi connectivity index (χ0) is 21.0. The first kappa shape index (κ1) is 20.3. The van der Waals surface area contributed by atoms with E-state index in [1.165, 1.54) is 35.0 Å². The summed E-state index contributed by atoms with van der Waals surface area (Å²) >= 11 is 7.08. The van der Waals surface area contributed by atoms with Crippen molar-refractivity contribution in [2.75, 3.05) is 0 Å². The van der Waals surface area contributed by atoms with Crippen LogP contribution in [-0.4, -0.2) is 32.9 Å². The van der Waals surface area contributed by atoms with Gasteiger partial charge in [0.25, 0.3) is 5.91 Å². The van der Waals surface area contributed by atoms with Gasteiger partial charge in [-0.15, -0.1) is 0 Å². The zero-order valence-electron chi connectivity index (χ0n) is 14.7. The van der Waals surface area contributed by atoms with Crippen LogP contribution in [-0.2, 0) is 6.54 Å². The number of nitrogens with zero attached hydrogens (tertiary/aromatic N) is 2. The van der Waals surface area contributed by atoms with E-state index >= 15 is 0 Å². The van der Waals surface area contributed by atoms with Crippen LogP contribution >= 0.6 is 22.9 Å². The van der Waals surface area contributed by atoms with Crippen molar-refractivity contribution >= 4 is 41.0 Å². The molecule has 0 aliphatic carbocycles. The fourth-order valence-corrected chi connectivity index (χ4v) is 3.58. The van der Waals surface area contributed by atoms with Crippen molar-refractivity contribution in [3.63, 3.8) is 0 Å². The van der Waals surface area contributed by atoms with E-state index in [0.29, 0.717) is 10.4 Å². The van der Waals surface area contributed by atoms with Gasteiger partial charge in [0.15, 0.2) is 0 Å². The van der Waals surface area contributed by atoms with Gasteiger partial charge >= 0.3 is 10.8 Å². The Morgan fingerprint density at radius 2 is 1.97 bits per heavy atom. The predicted molar refractivity (Wildman–Crippen MR) is 109 cm³/mol. The number of hydrogen-bond donors (Lipinski definition) is 3. The molecule has 3 rings (SSSR count). The molecule has 10 heteroatoms. The number of amides is 1. The summed E-state index contributed by atoms with van der Waals surface area (Å²) in [6, 6.07) is 12.2. The molecule has 29 heavy (non-hydrogen) atoms. The number of thiazole rings is 1. The maximum atomic E-state index is 12.2. The molecule has 0 bridgehead atoms. The van der Waals surface area contributed by atoms with E-state index in [4.69, 9.17) is 16.7 Å².